The second kappa shape index (κ2) is 9.67. The number of primary amides is 1. The molecule has 0 aromatic carbocycles. The molecule has 0 spiro atoms. The van der Waals surface area contributed by atoms with Crippen molar-refractivity contribution < 1.29 is 14.4 Å². The van der Waals surface area contributed by atoms with Gasteiger partial charge in [0.25, 0.3) is 0 Å². The van der Waals surface area contributed by atoms with Gasteiger partial charge in [-0.3, -0.25) is 14.9 Å². The summed E-state index contributed by atoms with van der Waals surface area (Å²) in [7, 11) is 0. The van der Waals surface area contributed by atoms with E-state index < -0.39 is 18.0 Å². The summed E-state index contributed by atoms with van der Waals surface area (Å²) in [5.41, 5.74) is 10.4. The van der Waals surface area contributed by atoms with E-state index in [1.807, 2.05) is 19.2 Å². The molecule has 1 atom stereocenters. The molecule has 0 rings (SSSR count). The van der Waals surface area contributed by atoms with Crippen molar-refractivity contribution in [3.05, 3.63) is 0 Å². The highest BCUT2D eigenvalue weighted by Crippen LogP contribution is 2.02. The summed E-state index contributed by atoms with van der Waals surface area (Å²) < 4.78 is 0. The minimum absolute atomic E-state index is 0. The van der Waals surface area contributed by atoms with Crippen molar-refractivity contribution in [2.45, 2.75) is 32.7 Å². The number of hydrogen-bond donors (Lipinski definition) is 4. The lowest BCUT2D eigenvalue weighted by molar-refractivity contribution is -0.123. The van der Waals surface area contributed by atoms with Gasteiger partial charge in [-0.2, -0.15) is 0 Å². The third-order valence-corrected chi connectivity index (χ3v) is 1.98. The maximum Gasteiger partial charge on any atom is 0.318 e. The van der Waals surface area contributed by atoms with Crippen molar-refractivity contribution in [2.75, 3.05) is 6.54 Å². The van der Waals surface area contributed by atoms with Gasteiger partial charge in [0.1, 0.15) is 0 Å². The fourth-order valence-electron chi connectivity index (χ4n) is 1.25. The molecule has 6 N–H and O–H groups in total. The summed E-state index contributed by atoms with van der Waals surface area (Å²) in [6.07, 6.45) is 0.572. The summed E-state index contributed by atoms with van der Waals surface area (Å²) in [6, 6.07) is -1.48. The molecule has 0 aliphatic rings. The Hall–Kier alpha value is -1.34. The number of carbonyl (C=O) groups excluding carboxylic acids is 3. The van der Waals surface area contributed by atoms with E-state index in [1.54, 1.807) is 0 Å². The van der Waals surface area contributed by atoms with Crippen molar-refractivity contribution in [1.29, 1.82) is 0 Å². The van der Waals surface area contributed by atoms with E-state index in [0.29, 0.717) is 12.3 Å². The normalized spacial score (nSPS) is 11.3. The molecule has 4 amide bonds. The van der Waals surface area contributed by atoms with Crippen LogP contribution in [0.2, 0.25) is 0 Å². The number of hydrogen-bond acceptors (Lipinski definition) is 4. The van der Waals surface area contributed by atoms with Gasteiger partial charge in [0.2, 0.25) is 11.8 Å². The minimum atomic E-state index is -0.905. The zero-order valence-corrected chi connectivity index (χ0v) is 11.4. The molecule has 0 aromatic heterocycles. The zero-order valence-electron chi connectivity index (χ0n) is 10.6. The average Bonchev–Trinajstić information content (AvgIpc) is 2.14. The zero-order chi connectivity index (χ0) is 13.4. The molecular formula is C10H21ClN4O3. The van der Waals surface area contributed by atoms with Gasteiger partial charge in [0.15, 0.2) is 0 Å². The number of amides is 4. The molecule has 8 heteroatoms. The first-order chi connectivity index (χ1) is 7.82. The Balaban J connectivity index is 0. The number of nitrogens with one attached hydrogen (secondary N) is 2. The van der Waals surface area contributed by atoms with Crippen LogP contribution < -0.4 is 22.1 Å². The van der Waals surface area contributed by atoms with E-state index in [0.717, 1.165) is 0 Å². The largest absolute Gasteiger partial charge is 0.354 e. The summed E-state index contributed by atoms with van der Waals surface area (Å²) >= 11 is 0. The molecule has 0 heterocycles. The quantitative estimate of drug-likeness (QED) is 0.522. The summed E-state index contributed by atoms with van der Waals surface area (Å²) in [5, 5.41) is 4.41. The Bertz CT molecular complexity index is 297. The molecule has 18 heavy (non-hydrogen) atoms. The Kier molecular flexibility index (Phi) is 10.2. The van der Waals surface area contributed by atoms with Crippen molar-refractivity contribution in [3.8, 4) is 0 Å². The van der Waals surface area contributed by atoms with E-state index >= 15 is 0 Å². The number of carbonyl (C=O) groups is 3. The lowest BCUT2D eigenvalue weighted by Crippen LogP contribution is -2.43. The minimum Gasteiger partial charge on any atom is -0.354 e. The van der Waals surface area contributed by atoms with E-state index in [4.69, 9.17) is 11.5 Å². The highest BCUT2D eigenvalue weighted by atomic mass is 35.5. The number of imide groups is 1. The fourth-order valence-corrected chi connectivity index (χ4v) is 1.25. The third-order valence-electron chi connectivity index (χ3n) is 1.98. The van der Waals surface area contributed by atoms with Gasteiger partial charge in [0.05, 0.1) is 6.04 Å². The highest BCUT2D eigenvalue weighted by molar-refractivity contribution is 5.93. The average molecular weight is 281 g/mol. The SMILES string of the molecule is CC(C)C[C@H](N)C(=O)NCCC(=O)NC(N)=O.Cl. The molecule has 0 fully saturated rings. The van der Waals surface area contributed by atoms with Crippen LogP contribution in [-0.4, -0.2) is 30.4 Å². The molecule has 7 nitrogen and oxygen atoms in total. The van der Waals surface area contributed by atoms with Crippen LogP contribution in [-0.2, 0) is 9.59 Å². The van der Waals surface area contributed by atoms with Gasteiger partial charge in [-0.05, 0) is 12.3 Å². The summed E-state index contributed by atoms with van der Waals surface area (Å²) in [5.74, 6) is -0.505. The molecule has 0 saturated heterocycles. The maximum absolute atomic E-state index is 11.4. The van der Waals surface area contributed by atoms with E-state index in [-0.39, 0.29) is 31.3 Å². The molecule has 0 aliphatic heterocycles. The van der Waals surface area contributed by atoms with Crippen molar-refractivity contribution >= 4 is 30.3 Å². The first-order valence-corrected chi connectivity index (χ1v) is 5.45. The van der Waals surface area contributed by atoms with Crippen LogP contribution in [0, 0.1) is 5.92 Å². The molecule has 0 saturated carbocycles. The summed E-state index contributed by atoms with van der Waals surface area (Å²) in [4.78, 5) is 32.7. The Labute approximate surface area is 112 Å². The van der Waals surface area contributed by atoms with Gasteiger partial charge in [0, 0.05) is 13.0 Å². The summed E-state index contributed by atoms with van der Waals surface area (Å²) in [6.45, 7) is 4.06. The van der Waals surface area contributed by atoms with Crippen molar-refractivity contribution in [3.63, 3.8) is 0 Å². The van der Waals surface area contributed by atoms with Crippen LogP contribution in [0.4, 0.5) is 4.79 Å². The number of rotatable bonds is 6. The monoisotopic (exact) mass is 280 g/mol. The van der Waals surface area contributed by atoms with E-state index in [1.165, 1.54) is 0 Å². The Morgan fingerprint density at radius 2 is 1.78 bits per heavy atom. The molecule has 0 bridgehead atoms. The highest BCUT2D eigenvalue weighted by Gasteiger charge is 2.14. The number of urea groups is 1. The van der Waals surface area contributed by atoms with Crippen LogP contribution in [0.25, 0.3) is 0 Å². The first-order valence-electron chi connectivity index (χ1n) is 5.45. The third kappa shape index (κ3) is 9.86. The smallest absolute Gasteiger partial charge is 0.318 e. The molecule has 0 aliphatic carbocycles. The van der Waals surface area contributed by atoms with Gasteiger partial charge in [-0.1, -0.05) is 13.8 Å². The maximum atomic E-state index is 11.4. The Morgan fingerprint density at radius 3 is 2.22 bits per heavy atom. The number of nitrogens with two attached hydrogens (primary N) is 2. The second-order valence-electron chi connectivity index (χ2n) is 4.19. The van der Waals surface area contributed by atoms with Gasteiger partial charge >= 0.3 is 6.03 Å². The molecule has 0 aromatic rings. The van der Waals surface area contributed by atoms with E-state index in [2.05, 4.69) is 5.32 Å². The molecule has 0 unspecified atom stereocenters. The fraction of sp³-hybridized carbons (Fsp3) is 0.700. The number of halogens is 1. The predicted octanol–water partition coefficient (Wildman–Crippen LogP) is -0.517. The Morgan fingerprint density at radius 1 is 1.22 bits per heavy atom. The predicted molar refractivity (Wildman–Crippen MR) is 70.0 cm³/mol. The van der Waals surface area contributed by atoms with Crippen molar-refractivity contribution in [2.24, 2.45) is 17.4 Å². The van der Waals surface area contributed by atoms with Gasteiger partial charge in [-0.25, -0.2) is 4.79 Å². The first kappa shape index (κ1) is 19.0. The van der Waals surface area contributed by atoms with Crippen molar-refractivity contribution in [1.82, 2.24) is 10.6 Å². The van der Waals surface area contributed by atoms with Crippen LogP contribution in [0.3, 0.4) is 0 Å². The van der Waals surface area contributed by atoms with Gasteiger partial charge < -0.3 is 16.8 Å². The van der Waals surface area contributed by atoms with Crippen LogP contribution in [0.15, 0.2) is 0 Å². The standard InChI is InChI=1S/C10H20N4O3.ClH/c1-6(2)5-7(11)9(16)13-4-3-8(15)14-10(12)17;/h6-7H,3-5,11H2,1-2H3,(H,13,16)(H3,12,14,15,17);1H/t7-;/m0./s1. The molecule has 106 valence electrons. The molecule has 0 radical (unpaired) electrons. The van der Waals surface area contributed by atoms with Crippen LogP contribution >= 0.6 is 12.4 Å². The van der Waals surface area contributed by atoms with Crippen LogP contribution in [0.5, 0.6) is 0 Å². The second-order valence-corrected chi connectivity index (χ2v) is 4.19. The van der Waals surface area contributed by atoms with E-state index in [9.17, 15) is 14.4 Å². The lowest BCUT2D eigenvalue weighted by Gasteiger charge is -2.13. The molecular weight excluding hydrogens is 260 g/mol. The van der Waals surface area contributed by atoms with Gasteiger partial charge in [-0.15, -0.1) is 12.4 Å². The van der Waals surface area contributed by atoms with Crippen LogP contribution in [0.1, 0.15) is 26.7 Å². The lowest BCUT2D eigenvalue weighted by atomic mass is 10.0. The topological polar surface area (TPSA) is 127 Å².